The van der Waals surface area contributed by atoms with Gasteiger partial charge in [0.15, 0.2) is 0 Å². The highest BCUT2D eigenvalue weighted by molar-refractivity contribution is 4.87. The van der Waals surface area contributed by atoms with Crippen LogP contribution in [0, 0.1) is 12.3 Å². The Morgan fingerprint density at radius 2 is 2.00 bits per heavy atom. The molecule has 0 saturated carbocycles. The van der Waals surface area contributed by atoms with Gasteiger partial charge in [0.25, 0.3) is 0 Å². The van der Waals surface area contributed by atoms with Gasteiger partial charge in [0.05, 0.1) is 0 Å². The van der Waals surface area contributed by atoms with Crippen molar-refractivity contribution in [3.8, 4) is 0 Å². The van der Waals surface area contributed by atoms with Crippen molar-refractivity contribution in [3.63, 3.8) is 0 Å². The Labute approximate surface area is 64.3 Å². The highest BCUT2D eigenvalue weighted by Crippen LogP contribution is 2.20. The number of rotatable bonds is 1. The first-order valence-corrected chi connectivity index (χ1v) is 4.38. The fourth-order valence-corrected chi connectivity index (χ4v) is 1.52. The molecule has 1 aliphatic carbocycles. The van der Waals surface area contributed by atoms with Gasteiger partial charge in [-0.25, -0.2) is 0 Å². The third kappa shape index (κ3) is 2.55. The largest absolute Gasteiger partial charge is 0.0885 e. The van der Waals surface area contributed by atoms with E-state index in [1.165, 1.54) is 32.1 Å². The minimum Gasteiger partial charge on any atom is -0.0885 e. The molecule has 0 aromatic heterocycles. The zero-order valence-corrected chi connectivity index (χ0v) is 6.84. The van der Waals surface area contributed by atoms with Gasteiger partial charge < -0.3 is 0 Å². The molecule has 0 heteroatoms. The van der Waals surface area contributed by atoms with Crippen LogP contribution in [0.4, 0.5) is 0 Å². The van der Waals surface area contributed by atoms with E-state index in [4.69, 9.17) is 0 Å². The zero-order valence-electron chi connectivity index (χ0n) is 6.84. The number of hydrogen-bond donors (Lipinski definition) is 0. The molecule has 1 rings (SSSR count). The van der Waals surface area contributed by atoms with Crippen LogP contribution in [0.3, 0.4) is 0 Å². The number of allylic oxidation sites excluding steroid dienone is 2. The summed E-state index contributed by atoms with van der Waals surface area (Å²) >= 11 is 0. The summed E-state index contributed by atoms with van der Waals surface area (Å²) in [4.78, 5) is 0. The lowest BCUT2D eigenvalue weighted by atomic mass is 9.92. The van der Waals surface area contributed by atoms with Gasteiger partial charge in [-0.15, -0.1) is 0 Å². The van der Waals surface area contributed by atoms with Crippen LogP contribution in [0.2, 0.25) is 0 Å². The summed E-state index contributed by atoms with van der Waals surface area (Å²) in [5.74, 6) is 0.893. The summed E-state index contributed by atoms with van der Waals surface area (Å²) < 4.78 is 0. The van der Waals surface area contributed by atoms with Crippen LogP contribution in [-0.4, -0.2) is 0 Å². The smallest absolute Gasteiger partial charge is 0.0348 e. The van der Waals surface area contributed by atoms with Gasteiger partial charge in [0.1, 0.15) is 0 Å². The molecule has 0 heterocycles. The Kier molecular flexibility index (Phi) is 3.56. The van der Waals surface area contributed by atoms with E-state index in [0.717, 1.165) is 5.92 Å². The molecule has 1 aliphatic rings. The van der Waals surface area contributed by atoms with Gasteiger partial charge in [-0.1, -0.05) is 19.1 Å². The molecular formula is C10H17. The lowest BCUT2D eigenvalue weighted by molar-refractivity contribution is 0.491. The molecule has 0 bridgehead atoms. The van der Waals surface area contributed by atoms with E-state index >= 15 is 0 Å². The van der Waals surface area contributed by atoms with Gasteiger partial charge in [0, 0.05) is 0 Å². The summed E-state index contributed by atoms with van der Waals surface area (Å²) in [6, 6.07) is 0. The minimum atomic E-state index is 0.893. The molecule has 0 spiro atoms. The van der Waals surface area contributed by atoms with E-state index in [0.29, 0.717) is 0 Å². The maximum atomic E-state index is 2.36. The zero-order chi connectivity index (χ0) is 7.23. The Morgan fingerprint density at radius 3 is 2.80 bits per heavy atom. The van der Waals surface area contributed by atoms with E-state index in [2.05, 4.69) is 25.5 Å². The van der Waals surface area contributed by atoms with Crippen molar-refractivity contribution in [2.24, 2.45) is 5.92 Å². The van der Waals surface area contributed by atoms with Crippen molar-refractivity contribution in [1.82, 2.24) is 0 Å². The normalized spacial score (nSPS) is 30.7. The SMILES string of the molecule is C[CH]C1CC/C=C\CCC1. The van der Waals surface area contributed by atoms with Crippen molar-refractivity contribution in [2.75, 3.05) is 0 Å². The molecule has 10 heavy (non-hydrogen) atoms. The topological polar surface area (TPSA) is 0 Å². The second-order valence-electron chi connectivity index (χ2n) is 3.07. The second-order valence-corrected chi connectivity index (χ2v) is 3.07. The molecule has 1 atom stereocenters. The maximum absolute atomic E-state index is 2.36. The predicted octanol–water partition coefficient (Wildman–Crippen LogP) is 3.35. The highest BCUT2D eigenvalue weighted by atomic mass is 14.1. The van der Waals surface area contributed by atoms with Crippen LogP contribution in [0.1, 0.15) is 39.0 Å². The Bertz CT molecular complexity index is 103. The van der Waals surface area contributed by atoms with E-state index in [1.54, 1.807) is 0 Å². The van der Waals surface area contributed by atoms with Crippen LogP contribution in [-0.2, 0) is 0 Å². The maximum Gasteiger partial charge on any atom is -0.0348 e. The molecule has 0 nitrogen and oxygen atoms in total. The average Bonchev–Trinajstić information content (AvgIpc) is 1.87. The van der Waals surface area contributed by atoms with Crippen molar-refractivity contribution >= 4 is 0 Å². The first-order valence-electron chi connectivity index (χ1n) is 4.38. The first-order chi connectivity index (χ1) is 4.93. The van der Waals surface area contributed by atoms with E-state index < -0.39 is 0 Å². The lowest BCUT2D eigenvalue weighted by Crippen LogP contribution is -2.00. The third-order valence-electron chi connectivity index (χ3n) is 2.29. The Morgan fingerprint density at radius 1 is 1.20 bits per heavy atom. The Hall–Kier alpha value is -0.260. The molecule has 57 valence electrons. The summed E-state index contributed by atoms with van der Waals surface area (Å²) in [6.07, 6.45) is 13.7. The summed E-state index contributed by atoms with van der Waals surface area (Å²) in [5.41, 5.74) is 0. The van der Waals surface area contributed by atoms with Crippen molar-refractivity contribution in [2.45, 2.75) is 39.0 Å². The van der Waals surface area contributed by atoms with Crippen LogP contribution in [0.15, 0.2) is 12.2 Å². The summed E-state index contributed by atoms with van der Waals surface area (Å²) in [6.45, 7) is 2.19. The molecule has 0 aliphatic heterocycles. The lowest BCUT2D eigenvalue weighted by Gasteiger charge is -2.14. The monoisotopic (exact) mass is 137 g/mol. The van der Waals surface area contributed by atoms with Crippen molar-refractivity contribution < 1.29 is 0 Å². The van der Waals surface area contributed by atoms with Gasteiger partial charge in [-0.2, -0.15) is 0 Å². The Balaban J connectivity index is 2.27. The fraction of sp³-hybridized carbons (Fsp3) is 0.700. The highest BCUT2D eigenvalue weighted by Gasteiger charge is 2.05. The second kappa shape index (κ2) is 4.54. The van der Waals surface area contributed by atoms with Gasteiger partial charge in [-0.05, 0) is 44.4 Å². The van der Waals surface area contributed by atoms with Crippen LogP contribution in [0.5, 0.6) is 0 Å². The van der Waals surface area contributed by atoms with Gasteiger partial charge in [-0.3, -0.25) is 0 Å². The molecule has 1 unspecified atom stereocenters. The average molecular weight is 137 g/mol. The molecule has 0 fully saturated rings. The summed E-state index contributed by atoms with van der Waals surface area (Å²) in [7, 11) is 0. The molecule has 0 aromatic rings. The molecule has 0 aromatic carbocycles. The molecule has 0 N–H and O–H groups in total. The fourth-order valence-electron chi connectivity index (χ4n) is 1.52. The quantitative estimate of drug-likeness (QED) is 0.486. The van der Waals surface area contributed by atoms with Crippen LogP contribution < -0.4 is 0 Å². The van der Waals surface area contributed by atoms with Crippen LogP contribution >= 0.6 is 0 Å². The van der Waals surface area contributed by atoms with E-state index in [1.807, 2.05) is 0 Å². The molecule has 0 amide bonds. The number of hydrogen-bond acceptors (Lipinski definition) is 0. The van der Waals surface area contributed by atoms with Gasteiger partial charge in [0.2, 0.25) is 0 Å². The first kappa shape index (κ1) is 7.84. The van der Waals surface area contributed by atoms with Crippen LogP contribution in [0.25, 0.3) is 0 Å². The predicted molar refractivity (Wildman–Crippen MR) is 45.7 cm³/mol. The molecule has 1 radical (unpaired) electrons. The molecular weight excluding hydrogens is 120 g/mol. The van der Waals surface area contributed by atoms with Gasteiger partial charge >= 0.3 is 0 Å². The minimum absolute atomic E-state index is 0.893. The summed E-state index contributed by atoms with van der Waals surface area (Å²) in [5, 5.41) is 0. The standard InChI is InChI=1S/C10H17/c1-2-10-8-6-4-3-5-7-9-10/h2-4,10H,5-9H2,1H3/b4-3-. The van der Waals surface area contributed by atoms with Crippen molar-refractivity contribution in [3.05, 3.63) is 18.6 Å². The third-order valence-corrected chi connectivity index (χ3v) is 2.29. The van der Waals surface area contributed by atoms with E-state index in [-0.39, 0.29) is 0 Å². The molecule has 0 saturated heterocycles. The van der Waals surface area contributed by atoms with E-state index in [9.17, 15) is 0 Å². The van der Waals surface area contributed by atoms with Crippen molar-refractivity contribution in [1.29, 1.82) is 0 Å².